The van der Waals surface area contributed by atoms with E-state index in [0.717, 1.165) is 6.42 Å². The summed E-state index contributed by atoms with van der Waals surface area (Å²) in [5.41, 5.74) is 18.3. The molecule has 0 saturated heterocycles. The van der Waals surface area contributed by atoms with Gasteiger partial charge in [-0.3, -0.25) is 0 Å². The van der Waals surface area contributed by atoms with E-state index in [4.69, 9.17) is 0 Å². The second-order valence-electron chi connectivity index (χ2n) is 18.4. The summed E-state index contributed by atoms with van der Waals surface area (Å²) in [4.78, 5) is 0. The van der Waals surface area contributed by atoms with Crippen LogP contribution < -0.4 is 15.6 Å². The molecule has 1 unspecified atom stereocenters. The molecule has 7 aromatic rings. The number of rotatable bonds is 6. The number of benzene rings is 7. The highest BCUT2D eigenvalue weighted by Gasteiger charge is 2.56. The zero-order chi connectivity index (χ0) is 41.3. The van der Waals surface area contributed by atoms with E-state index >= 15 is 0 Å². The van der Waals surface area contributed by atoms with Crippen LogP contribution in [0.4, 0.5) is 0 Å². The molecule has 3 atom stereocenters. The standard InChI is InChI=1S/C60H50Si/c1-59-37-17-16-26-55(59)57(46-31-27-43(28-32-46)41-18-8-5-9-19-41)51-39-56-53(38-52(51)58(59)47-33-29-44(30-34-47)42-20-10-6-11-21-42)54-36-35-48(40-60(54,2)61(56,3)4)50-25-15-14-24-49(50)45-22-12-7-13-23-45/h5-36,38-40,54H,37H2,1-4H3/t54?,59-,60-/m1/s1. The topological polar surface area (TPSA) is 0 Å². The molecule has 0 spiro atoms. The van der Waals surface area contributed by atoms with Gasteiger partial charge in [0, 0.05) is 11.3 Å². The first-order valence-electron chi connectivity index (χ1n) is 21.9. The average molecular weight is 799 g/mol. The minimum absolute atomic E-state index is 0.0142. The van der Waals surface area contributed by atoms with Gasteiger partial charge in [0.05, 0.1) is 8.07 Å². The van der Waals surface area contributed by atoms with Crippen LogP contribution in [-0.4, -0.2) is 8.07 Å². The summed E-state index contributed by atoms with van der Waals surface area (Å²) in [5.74, 6) is 0.299. The molecule has 1 aliphatic heterocycles. The lowest BCUT2D eigenvalue weighted by atomic mass is 9.62. The maximum Gasteiger partial charge on any atom is 0.0915 e. The van der Waals surface area contributed by atoms with Crippen LogP contribution in [0, 0.1) is 5.41 Å². The van der Waals surface area contributed by atoms with Gasteiger partial charge < -0.3 is 0 Å². The zero-order valence-corrected chi connectivity index (χ0v) is 36.5. The van der Waals surface area contributed by atoms with Crippen molar-refractivity contribution in [1.29, 1.82) is 0 Å². The van der Waals surface area contributed by atoms with Crippen molar-refractivity contribution in [3.63, 3.8) is 0 Å². The van der Waals surface area contributed by atoms with Crippen molar-refractivity contribution in [2.75, 3.05) is 0 Å². The second kappa shape index (κ2) is 14.3. The lowest BCUT2D eigenvalue weighted by molar-refractivity contribution is 0.547. The third-order valence-corrected chi connectivity index (χ3v) is 19.8. The van der Waals surface area contributed by atoms with E-state index in [1.165, 1.54) is 88.4 Å². The van der Waals surface area contributed by atoms with Gasteiger partial charge in [-0.2, -0.15) is 0 Å². The van der Waals surface area contributed by atoms with Gasteiger partial charge in [0.2, 0.25) is 0 Å². The van der Waals surface area contributed by atoms with Gasteiger partial charge in [0.15, 0.2) is 0 Å². The first kappa shape index (κ1) is 37.5. The molecule has 3 aliphatic carbocycles. The fraction of sp³-hybridized carbons (Fsp3) is 0.133. The Morgan fingerprint density at radius 3 is 1.67 bits per heavy atom. The summed E-state index contributed by atoms with van der Waals surface area (Å²) >= 11 is 0. The van der Waals surface area contributed by atoms with E-state index in [1.54, 1.807) is 5.19 Å². The van der Waals surface area contributed by atoms with Gasteiger partial charge in [0.25, 0.3) is 0 Å². The SMILES string of the molecule is C[C@@]12CC=CC=C1C(c1ccc(-c3ccccc3)cc1)=c1cc3c(cc1=C2c1ccc(-c2ccccc2)cc1)C1C=CC(c2ccccc2-c2ccccc2)=C[C@@]1(C)[Si]3(C)C. The molecule has 0 nitrogen and oxygen atoms in total. The van der Waals surface area contributed by atoms with Crippen LogP contribution in [0.5, 0.6) is 0 Å². The highest BCUT2D eigenvalue weighted by Crippen LogP contribution is 2.60. The summed E-state index contributed by atoms with van der Waals surface area (Å²) in [6.07, 6.45) is 15.7. The Morgan fingerprint density at radius 2 is 1.05 bits per heavy atom. The Balaban J connectivity index is 1.16. The monoisotopic (exact) mass is 798 g/mol. The molecule has 0 aromatic heterocycles. The number of hydrogen-bond donors (Lipinski definition) is 0. The molecule has 1 heteroatoms. The fourth-order valence-corrected chi connectivity index (χ4v) is 14.8. The molecule has 0 fully saturated rings. The first-order chi connectivity index (χ1) is 29.7. The Kier molecular flexibility index (Phi) is 8.77. The molecule has 7 aromatic carbocycles. The van der Waals surface area contributed by atoms with Crippen molar-refractivity contribution in [3.05, 3.63) is 251 Å². The van der Waals surface area contributed by atoms with E-state index in [-0.39, 0.29) is 10.5 Å². The third-order valence-electron chi connectivity index (χ3n) is 14.9. The molecular formula is C60H50Si. The second-order valence-corrected chi connectivity index (χ2v) is 23.3. The van der Waals surface area contributed by atoms with Gasteiger partial charge in [0.1, 0.15) is 0 Å². The van der Waals surface area contributed by atoms with E-state index < -0.39 is 8.07 Å². The number of allylic oxidation sites excluding steroid dienone is 8. The van der Waals surface area contributed by atoms with E-state index in [2.05, 4.69) is 239 Å². The van der Waals surface area contributed by atoms with Gasteiger partial charge in [-0.25, -0.2) is 0 Å². The highest BCUT2D eigenvalue weighted by molar-refractivity contribution is 6.94. The van der Waals surface area contributed by atoms with Crippen LogP contribution in [0.15, 0.2) is 218 Å². The molecule has 0 bridgehead atoms. The lowest BCUT2D eigenvalue weighted by Crippen LogP contribution is -2.51. The fourth-order valence-electron chi connectivity index (χ4n) is 11.3. The summed E-state index contributed by atoms with van der Waals surface area (Å²) in [5, 5.41) is 4.33. The Bertz CT molecular complexity index is 3110. The van der Waals surface area contributed by atoms with Crippen LogP contribution in [0.25, 0.3) is 50.1 Å². The minimum Gasteiger partial charge on any atom is -0.0833 e. The number of hydrogen-bond acceptors (Lipinski definition) is 0. The maximum atomic E-state index is 2.68. The molecule has 1 heterocycles. The van der Waals surface area contributed by atoms with Crippen LogP contribution in [0.1, 0.15) is 48.4 Å². The molecule has 0 N–H and O–H groups in total. The summed E-state index contributed by atoms with van der Waals surface area (Å²) in [6, 6.07) is 65.5. The third kappa shape index (κ3) is 5.86. The van der Waals surface area contributed by atoms with Crippen molar-refractivity contribution >= 4 is 30.0 Å². The van der Waals surface area contributed by atoms with Crippen molar-refractivity contribution in [2.45, 2.75) is 44.3 Å². The zero-order valence-electron chi connectivity index (χ0n) is 35.5. The predicted octanol–water partition coefficient (Wildman–Crippen LogP) is 13.4. The Hall–Kier alpha value is -6.54. The Labute approximate surface area is 362 Å². The van der Waals surface area contributed by atoms with Crippen molar-refractivity contribution in [2.24, 2.45) is 5.41 Å². The van der Waals surface area contributed by atoms with Crippen molar-refractivity contribution in [3.8, 4) is 33.4 Å². The molecule has 4 aliphatic rings. The van der Waals surface area contributed by atoms with Crippen LogP contribution in [0.2, 0.25) is 18.1 Å². The maximum absolute atomic E-state index is 2.68. The van der Waals surface area contributed by atoms with E-state index in [9.17, 15) is 0 Å². The molecule has 61 heavy (non-hydrogen) atoms. The quantitative estimate of drug-likeness (QED) is 0.147. The van der Waals surface area contributed by atoms with Gasteiger partial charge in [-0.1, -0.05) is 245 Å². The van der Waals surface area contributed by atoms with Crippen LogP contribution in [0.3, 0.4) is 0 Å². The molecule has 0 saturated carbocycles. The normalized spacial score (nSPS) is 21.8. The number of fused-ring (bicyclic) bond motifs is 5. The summed E-state index contributed by atoms with van der Waals surface area (Å²) < 4.78 is 0. The molecule has 0 radical (unpaired) electrons. The predicted molar refractivity (Wildman–Crippen MR) is 262 cm³/mol. The summed E-state index contributed by atoms with van der Waals surface area (Å²) in [7, 11) is -2.15. The minimum atomic E-state index is -2.15. The van der Waals surface area contributed by atoms with Crippen LogP contribution in [-0.2, 0) is 0 Å². The molecular weight excluding hydrogens is 749 g/mol. The van der Waals surface area contributed by atoms with Crippen LogP contribution >= 0.6 is 0 Å². The lowest BCUT2D eigenvalue weighted by Gasteiger charge is -2.41. The first-order valence-corrected chi connectivity index (χ1v) is 24.9. The van der Waals surface area contributed by atoms with Crippen molar-refractivity contribution < 1.29 is 0 Å². The van der Waals surface area contributed by atoms with Gasteiger partial charge in [-0.15, -0.1) is 0 Å². The molecule has 294 valence electrons. The smallest absolute Gasteiger partial charge is 0.0833 e. The van der Waals surface area contributed by atoms with E-state index in [0.29, 0.717) is 5.92 Å². The van der Waals surface area contributed by atoms with Gasteiger partial charge in [-0.05, 0) is 99.8 Å². The Morgan fingerprint density at radius 1 is 0.525 bits per heavy atom. The van der Waals surface area contributed by atoms with Gasteiger partial charge >= 0.3 is 0 Å². The molecule has 11 rings (SSSR count). The van der Waals surface area contributed by atoms with Crippen molar-refractivity contribution in [1.82, 2.24) is 0 Å². The average Bonchev–Trinajstić information content (AvgIpc) is 3.48. The molecule has 0 amide bonds. The highest BCUT2D eigenvalue weighted by atomic mass is 28.3. The largest absolute Gasteiger partial charge is 0.0915 e. The summed E-state index contributed by atoms with van der Waals surface area (Å²) in [6.45, 7) is 10.3. The van der Waals surface area contributed by atoms with E-state index in [1.807, 2.05) is 0 Å².